The zero-order valence-corrected chi connectivity index (χ0v) is 25.6. The number of hydrogen-bond acceptors (Lipinski definition) is 8. The molecule has 3 fully saturated rings. The largest absolute Gasteiger partial charge is 0.351 e. The molecule has 0 radical (unpaired) electrons. The van der Waals surface area contributed by atoms with Gasteiger partial charge in [-0.15, -0.1) is 0 Å². The summed E-state index contributed by atoms with van der Waals surface area (Å²) in [5.41, 5.74) is 11.6. The number of hydrogen-bond donors (Lipinski definition) is 4. The Morgan fingerprint density at radius 1 is 0.875 bits per heavy atom. The van der Waals surface area contributed by atoms with Crippen LogP contribution in [-0.4, -0.2) is 62.8 Å². The lowest BCUT2D eigenvalue weighted by Gasteiger charge is -2.32. The molecule has 2 saturated carbocycles. The second-order valence-corrected chi connectivity index (χ2v) is 12.3. The van der Waals surface area contributed by atoms with Crippen LogP contribution in [0.1, 0.15) is 123 Å². The van der Waals surface area contributed by atoms with Crippen LogP contribution in [0.2, 0.25) is 0 Å². The Kier molecular flexibility index (Phi) is 12.8. The van der Waals surface area contributed by atoms with Gasteiger partial charge in [0, 0.05) is 31.2 Å². The smallest absolute Gasteiger partial charge is 0.227 e. The molecule has 226 valence electrons. The van der Waals surface area contributed by atoms with E-state index in [9.17, 15) is 0 Å². The van der Waals surface area contributed by atoms with Gasteiger partial charge in [-0.05, 0) is 83.2 Å². The Morgan fingerprint density at radius 3 is 2.17 bits per heavy atom. The monoisotopic (exact) mass is 555 g/mol. The van der Waals surface area contributed by atoms with Crippen LogP contribution in [0.3, 0.4) is 0 Å². The molecule has 5 N–H and O–H groups in total. The van der Waals surface area contributed by atoms with Gasteiger partial charge in [0.2, 0.25) is 5.95 Å². The third-order valence-corrected chi connectivity index (χ3v) is 9.11. The molecular formula is C31H57N9. The quantitative estimate of drug-likeness (QED) is 0.228. The molecule has 0 unspecified atom stereocenters. The third-order valence-electron chi connectivity index (χ3n) is 9.11. The van der Waals surface area contributed by atoms with Gasteiger partial charge in [0.1, 0.15) is 0 Å². The molecule has 3 heterocycles. The number of hydrazine groups is 1. The summed E-state index contributed by atoms with van der Waals surface area (Å²) >= 11 is 0. The number of fused-ring (bicyclic) bond motifs is 1. The van der Waals surface area contributed by atoms with Crippen molar-refractivity contribution in [2.75, 3.05) is 36.9 Å². The van der Waals surface area contributed by atoms with E-state index in [0.29, 0.717) is 18.1 Å². The minimum atomic E-state index is 0.341. The maximum absolute atomic E-state index is 6.10. The SMILES string of the molecule is CCC1CCN(Nc2nc(NC3CCC(N)CC3)nc3c2ncn3C2CCCC2)CC1.CCCCNCCCC. The second-order valence-electron chi connectivity index (χ2n) is 12.3. The van der Waals surface area contributed by atoms with E-state index >= 15 is 0 Å². The number of piperidine rings is 1. The summed E-state index contributed by atoms with van der Waals surface area (Å²) in [5, 5.41) is 9.32. The fourth-order valence-electron chi connectivity index (χ4n) is 6.29. The summed E-state index contributed by atoms with van der Waals surface area (Å²) in [5.74, 6) is 2.41. The Hall–Kier alpha value is -1.97. The van der Waals surface area contributed by atoms with Gasteiger partial charge in [-0.1, -0.05) is 52.9 Å². The number of imidazole rings is 1. The van der Waals surface area contributed by atoms with Crippen molar-refractivity contribution in [3.8, 4) is 0 Å². The third kappa shape index (κ3) is 9.02. The van der Waals surface area contributed by atoms with Crippen molar-refractivity contribution >= 4 is 22.9 Å². The number of nitrogens with one attached hydrogen (secondary N) is 3. The molecule has 0 atom stereocenters. The van der Waals surface area contributed by atoms with Gasteiger partial charge in [0.15, 0.2) is 17.0 Å². The van der Waals surface area contributed by atoms with E-state index in [1.807, 2.05) is 6.33 Å². The van der Waals surface area contributed by atoms with Crippen molar-refractivity contribution in [1.29, 1.82) is 0 Å². The predicted molar refractivity (Wildman–Crippen MR) is 168 cm³/mol. The highest BCUT2D eigenvalue weighted by molar-refractivity contribution is 5.84. The molecular weight excluding hydrogens is 498 g/mol. The predicted octanol–water partition coefficient (Wildman–Crippen LogP) is 6.25. The summed E-state index contributed by atoms with van der Waals surface area (Å²) in [4.78, 5) is 14.6. The highest BCUT2D eigenvalue weighted by Gasteiger charge is 2.25. The van der Waals surface area contributed by atoms with E-state index in [1.54, 1.807) is 0 Å². The topological polar surface area (TPSA) is 109 Å². The molecule has 9 nitrogen and oxygen atoms in total. The first kappa shape index (κ1) is 31.0. The molecule has 40 heavy (non-hydrogen) atoms. The van der Waals surface area contributed by atoms with Crippen molar-refractivity contribution in [3.05, 3.63) is 6.33 Å². The molecule has 9 heteroatoms. The Labute approximate surface area is 242 Å². The average molecular weight is 556 g/mol. The minimum Gasteiger partial charge on any atom is -0.351 e. The normalized spacial score (nSPS) is 22.8. The fourth-order valence-corrected chi connectivity index (χ4v) is 6.29. The first-order chi connectivity index (χ1) is 19.6. The first-order valence-electron chi connectivity index (χ1n) is 16.6. The number of anilines is 2. The van der Waals surface area contributed by atoms with Crippen LogP contribution in [0.5, 0.6) is 0 Å². The number of nitrogens with two attached hydrogens (primary N) is 1. The molecule has 2 aliphatic carbocycles. The molecule has 0 aromatic carbocycles. The molecule has 0 amide bonds. The lowest BCUT2D eigenvalue weighted by molar-refractivity contribution is 0.213. The molecule has 0 bridgehead atoms. The molecule has 5 rings (SSSR count). The fraction of sp³-hybridized carbons (Fsp3) is 0.839. The summed E-state index contributed by atoms with van der Waals surface area (Å²) in [7, 11) is 0. The summed E-state index contributed by atoms with van der Waals surface area (Å²) in [6, 6.07) is 1.25. The van der Waals surface area contributed by atoms with Gasteiger partial charge in [-0.3, -0.25) is 0 Å². The molecule has 1 saturated heterocycles. The summed E-state index contributed by atoms with van der Waals surface area (Å²) < 4.78 is 2.29. The van der Waals surface area contributed by atoms with E-state index in [-0.39, 0.29) is 0 Å². The lowest BCUT2D eigenvalue weighted by Crippen LogP contribution is -2.38. The number of unbranched alkanes of at least 4 members (excludes halogenated alkanes) is 2. The van der Waals surface area contributed by atoms with E-state index < -0.39 is 0 Å². The van der Waals surface area contributed by atoms with Gasteiger partial charge < -0.3 is 26.4 Å². The van der Waals surface area contributed by atoms with Gasteiger partial charge in [-0.25, -0.2) is 9.99 Å². The molecule has 2 aromatic rings. The molecule has 2 aromatic heterocycles. The number of aromatic nitrogens is 4. The van der Waals surface area contributed by atoms with Crippen LogP contribution in [0.4, 0.5) is 11.8 Å². The Morgan fingerprint density at radius 2 is 1.55 bits per heavy atom. The van der Waals surface area contributed by atoms with E-state index in [0.717, 1.165) is 67.6 Å². The maximum atomic E-state index is 6.10. The Balaban J connectivity index is 0.000000357. The van der Waals surface area contributed by atoms with Crippen molar-refractivity contribution in [2.24, 2.45) is 11.7 Å². The van der Waals surface area contributed by atoms with E-state index in [2.05, 4.69) is 46.4 Å². The van der Waals surface area contributed by atoms with Crippen molar-refractivity contribution < 1.29 is 0 Å². The van der Waals surface area contributed by atoms with Crippen LogP contribution >= 0.6 is 0 Å². The second kappa shape index (κ2) is 16.5. The maximum Gasteiger partial charge on any atom is 0.227 e. The van der Waals surface area contributed by atoms with Crippen LogP contribution in [-0.2, 0) is 0 Å². The number of nitrogens with zero attached hydrogens (tertiary/aromatic N) is 5. The Bertz CT molecular complexity index is 965. The van der Waals surface area contributed by atoms with Crippen molar-refractivity contribution in [3.63, 3.8) is 0 Å². The van der Waals surface area contributed by atoms with Gasteiger partial charge in [0.25, 0.3) is 0 Å². The van der Waals surface area contributed by atoms with Crippen LogP contribution < -0.4 is 21.8 Å². The van der Waals surface area contributed by atoms with Crippen molar-refractivity contribution in [2.45, 2.75) is 135 Å². The molecule has 0 spiro atoms. The first-order valence-corrected chi connectivity index (χ1v) is 16.6. The zero-order chi connectivity index (χ0) is 28.2. The summed E-state index contributed by atoms with van der Waals surface area (Å²) in [6.45, 7) is 11.3. The number of rotatable bonds is 12. The van der Waals surface area contributed by atoms with Crippen LogP contribution in [0.15, 0.2) is 6.33 Å². The average Bonchev–Trinajstić information content (AvgIpc) is 3.66. The summed E-state index contributed by atoms with van der Waals surface area (Å²) in [6.07, 6.45) is 20.3. The highest BCUT2D eigenvalue weighted by Crippen LogP contribution is 2.33. The highest BCUT2D eigenvalue weighted by atomic mass is 15.5. The molecule has 1 aliphatic heterocycles. The van der Waals surface area contributed by atoms with Gasteiger partial charge in [0.05, 0.1) is 6.33 Å². The minimum absolute atomic E-state index is 0.341. The lowest BCUT2D eigenvalue weighted by atomic mass is 9.92. The standard InChI is InChI=1S/C23H38N8.C8H19N/c1-2-16-11-13-30(14-12-16)29-21-20-22(31(15-25-20)19-5-3-4-6-19)28-23(27-21)26-18-9-7-17(24)8-10-18;1-3-5-7-9-8-6-4-2/h15-19H,2-14,24H2,1H3,(H2,26,27,28,29);9H,3-8H2,1-2H3. The van der Waals surface area contributed by atoms with Crippen LogP contribution in [0, 0.1) is 5.92 Å². The van der Waals surface area contributed by atoms with Crippen molar-refractivity contribution in [1.82, 2.24) is 29.8 Å². The van der Waals surface area contributed by atoms with Gasteiger partial charge in [-0.2, -0.15) is 9.97 Å². The van der Waals surface area contributed by atoms with E-state index in [1.165, 1.54) is 83.7 Å². The van der Waals surface area contributed by atoms with E-state index in [4.69, 9.17) is 20.7 Å². The molecule has 3 aliphatic rings. The zero-order valence-electron chi connectivity index (χ0n) is 25.6. The van der Waals surface area contributed by atoms with Gasteiger partial charge >= 0.3 is 0 Å². The van der Waals surface area contributed by atoms with Crippen LogP contribution in [0.25, 0.3) is 11.2 Å².